The monoisotopic (exact) mass is 286 g/mol. The molecule has 0 aromatic carbocycles. The van der Waals surface area contributed by atoms with Crippen LogP contribution in [0.4, 0.5) is 4.79 Å². The van der Waals surface area contributed by atoms with Gasteiger partial charge in [0.2, 0.25) is 0 Å². The van der Waals surface area contributed by atoms with Gasteiger partial charge in [-0.3, -0.25) is 0 Å². The number of carboxylic acids is 1. The summed E-state index contributed by atoms with van der Waals surface area (Å²) in [5.74, 6) is 0.441. The molecule has 0 aliphatic carbocycles. The first-order valence-corrected chi connectivity index (χ1v) is 7.27. The number of hydrogen-bond donors (Lipinski definition) is 4. The lowest BCUT2D eigenvalue weighted by atomic mass is 10.2. The standard InChI is InChI=1S/C11H18N4O3S/c1-19-7-3-8(10(16)17)15-11(18)14-4-2-9-12-5-6-13-9/h5-6,8H,2-4,7H2,1H3,(H,12,13)(H,16,17)(H2,14,15,18)/t8-/m0/s1. The summed E-state index contributed by atoms with van der Waals surface area (Å²) in [6.07, 6.45) is 6.21. The number of aliphatic carboxylic acids is 1. The Kier molecular flexibility index (Phi) is 6.80. The van der Waals surface area contributed by atoms with Crippen molar-refractivity contribution in [1.82, 2.24) is 20.6 Å². The molecule has 2 amide bonds. The number of hydrogen-bond acceptors (Lipinski definition) is 4. The molecule has 0 bridgehead atoms. The molecule has 0 aliphatic rings. The van der Waals surface area contributed by atoms with E-state index < -0.39 is 18.0 Å². The van der Waals surface area contributed by atoms with Crippen LogP contribution < -0.4 is 10.6 Å². The fraction of sp³-hybridized carbons (Fsp3) is 0.545. The van der Waals surface area contributed by atoms with Crippen molar-refractivity contribution in [1.29, 1.82) is 0 Å². The number of carboxylic acid groups (broad SMARTS) is 1. The molecule has 0 aliphatic heterocycles. The topological polar surface area (TPSA) is 107 Å². The van der Waals surface area contributed by atoms with Crippen LogP contribution in [0.5, 0.6) is 0 Å². The van der Waals surface area contributed by atoms with Crippen molar-refractivity contribution < 1.29 is 14.7 Å². The lowest BCUT2D eigenvalue weighted by Gasteiger charge is -2.14. The van der Waals surface area contributed by atoms with Gasteiger partial charge in [0.1, 0.15) is 11.9 Å². The van der Waals surface area contributed by atoms with Gasteiger partial charge in [-0.05, 0) is 18.4 Å². The van der Waals surface area contributed by atoms with Gasteiger partial charge in [0.05, 0.1) is 0 Å². The summed E-state index contributed by atoms with van der Waals surface area (Å²) in [7, 11) is 0. The first kappa shape index (κ1) is 15.4. The molecule has 19 heavy (non-hydrogen) atoms. The second kappa shape index (κ2) is 8.41. The normalized spacial score (nSPS) is 11.8. The Bertz CT molecular complexity index is 397. The third-order valence-electron chi connectivity index (χ3n) is 2.42. The minimum Gasteiger partial charge on any atom is -0.480 e. The van der Waals surface area contributed by atoms with Gasteiger partial charge in [0.25, 0.3) is 0 Å². The number of thioether (sulfide) groups is 1. The molecule has 7 nitrogen and oxygen atoms in total. The number of amides is 2. The number of carbonyl (C=O) groups is 2. The first-order valence-electron chi connectivity index (χ1n) is 5.88. The number of urea groups is 1. The summed E-state index contributed by atoms with van der Waals surface area (Å²) in [5.41, 5.74) is 0. The Morgan fingerprint density at radius 3 is 2.95 bits per heavy atom. The minimum absolute atomic E-state index is 0.397. The minimum atomic E-state index is -1.02. The summed E-state index contributed by atoms with van der Waals surface area (Å²) in [4.78, 5) is 29.4. The maximum Gasteiger partial charge on any atom is 0.326 e. The molecular weight excluding hydrogens is 268 g/mol. The summed E-state index contributed by atoms with van der Waals surface area (Å²) in [5, 5.41) is 14.0. The largest absolute Gasteiger partial charge is 0.480 e. The van der Waals surface area contributed by atoms with Gasteiger partial charge in [-0.25, -0.2) is 14.6 Å². The van der Waals surface area contributed by atoms with Crippen molar-refractivity contribution in [3.05, 3.63) is 18.2 Å². The van der Waals surface area contributed by atoms with Gasteiger partial charge in [-0.1, -0.05) is 0 Å². The van der Waals surface area contributed by atoms with E-state index in [9.17, 15) is 9.59 Å². The molecule has 8 heteroatoms. The number of rotatable bonds is 8. The van der Waals surface area contributed by atoms with Crippen molar-refractivity contribution in [2.45, 2.75) is 18.9 Å². The number of aromatic nitrogens is 2. The van der Waals surface area contributed by atoms with Gasteiger partial charge in [0.15, 0.2) is 0 Å². The smallest absolute Gasteiger partial charge is 0.326 e. The fourth-order valence-corrected chi connectivity index (χ4v) is 1.90. The van der Waals surface area contributed by atoms with Crippen LogP contribution in [0.3, 0.4) is 0 Å². The molecule has 1 heterocycles. The highest BCUT2D eigenvalue weighted by Crippen LogP contribution is 2.00. The summed E-state index contributed by atoms with van der Waals surface area (Å²) in [6, 6.07) is -1.32. The fourth-order valence-electron chi connectivity index (χ4n) is 1.43. The third-order valence-corrected chi connectivity index (χ3v) is 3.06. The molecule has 1 aromatic rings. The van der Waals surface area contributed by atoms with Crippen LogP contribution >= 0.6 is 11.8 Å². The van der Waals surface area contributed by atoms with Gasteiger partial charge < -0.3 is 20.7 Å². The van der Waals surface area contributed by atoms with Crippen LogP contribution in [0, 0.1) is 0 Å². The lowest BCUT2D eigenvalue weighted by Crippen LogP contribution is -2.46. The number of nitrogens with zero attached hydrogens (tertiary/aromatic N) is 1. The molecule has 0 fully saturated rings. The van der Waals surface area contributed by atoms with Gasteiger partial charge in [-0.2, -0.15) is 11.8 Å². The second-order valence-corrected chi connectivity index (χ2v) is 4.84. The zero-order valence-electron chi connectivity index (χ0n) is 10.7. The zero-order valence-corrected chi connectivity index (χ0v) is 11.5. The van der Waals surface area contributed by atoms with E-state index >= 15 is 0 Å². The Labute approximate surface area is 115 Å². The summed E-state index contributed by atoms with van der Waals surface area (Å²) >= 11 is 1.54. The van der Waals surface area contributed by atoms with Crippen molar-refractivity contribution in [2.75, 3.05) is 18.6 Å². The molecule has 0 saturated heterocycles. The quantitative estimate of drug-likeness (QED) is 0.555. The Morgan fingerprint density at radius 2 is 2.37 bits per heavy atom. The molecule has 0 unspecified atom stereocenters. The van der Waals surface area contributed by atoms with Crippen LogP contribution in [-0.4, -0.2) is 51.7 Å². The number of H-pyrrole nitrogens is 1. The van der Waals surface area contributed by atoms with Crippen molar-refractivity contribution >= 4 is 23.8 Å². The van der Waals surface area contributed by atoms with Gasteiger partial charge in [-0.15, -0.1) is 0 Å². The van der Waals surface area contributed by atoms with E-state index in [-0.39, 0.29) is 0 Å². The van der Waals surface area contributed by atoms with E-state index in [4.69, 9.17) is 5.11 Å². The maximum absolute atomic E-state index is 11.5. The van der Waals surface area contributed by atoms with Crippen LogP contribution in [0.1, 0.15) is 12.2 Å². The van der Waals surface area contributed by atoms with E-state index in [1.165, 1.54) is 0 Å². The second-order valence-electron chi connectivity index (χ2n) is 3.86. The van der Waals surface area contributed by atoms with Gasteiger partial charge >= 0.3 is 12.0 Å². The summed E-state index contributed by atoms with van der Waals surface area (Å²) in [6.45, 7) is 0.397. The SMILES string of the molecule is CSCC[C@H](NC(=O)NCCc1ncc[nH]1)C(=O)O. The lowest BCUT2D eigenvalue weighted by molar-refractivity contribution is -0.139. The Balaban J connectivity index is 2.25. The highest BCUT2D eigenvalue weighted by molar-refractivity contribution is 7.98. The number of imidazole rings is 1. The Morgan fingerprint density at radius 1 is 1.58 bits per heavy atom. The van der Waals surface area contributed by atoms with Gasteiger partial charge in [0, 0.05) is 25.4 Å². The molecule has 1 aromatic heterocycles. The molecule has 0 spiro atoms. The molecule has 0 radical (unpaired) electrons. The number of nitrogens with one attached hydrogen (secondary N) is 3. The van der Waals surface area contributed by atoms with Crippen molar-refractivity contribution in [2.24, 2.45) is 0 Å². The Hall–Kier alpha value is -1.70. The number of carbonyl (C=O) groups excluding carboxylic acids is 1. The van der Waals surface area contributed by atoms with E-state index in [1.807, 2.05) is 6.26 Å². The third kappa shape index (κ3) is 6.14. The first-order chi connectivity index (χ1) is 9.13. The highest BCUT2D eigenvalue weighted by Gasteiger charge is 2.18. The van der Waals surface area contributed by atoms with Crippen LogP contribution in [0.25, 0.3) is 0 Å². The average molecular weight is 286 g/mol. The molecule has 0 saturated carbocycles. The van der Waals surface area contributed by atoms with Crippen LogP contribution in [-0.2, 0) is 11.2 Å². The van der Waals surface area contributed by atoms with Crippen LogP contribution in [0.2, 0.25) is 0 Å². The van der Waals surface area contributed by atoms with Crippen molar-refractivity contribution in [3.63, 3.8) is 0 Å². The maximum atomic E-state index is 11.5. The highest BCUT2D eigenvalue weighted by atomic mass is 32.2. The predicted molar refractivity (Wildman–Crippen MR) is 73.2 cm³/mol. The average Bonchev–Trinajstić information content (AvgIpc) is 2.87. The molecule has 106 valence electrons. The molecule has 1 rings (SSSR count). The predicted octanol–water partition coefficient (Wildman–Crippen LogP) is 0.458. The van der Waals surface area contributed by atoms with E-state index in [0.717, 1.165) is 5.82 Å². The van der Waals surface area contributed by atoms with E-state index in [1.54, 1.807) is 24.2 Å². The zero-order chi connectivity index (χ0) is 14.1. The molecule has 1 atom stereocenters. The van der Waals surface area contributed by atoms with E-state index in [0.29, 0.717) is 25.1 Å². The van der Waals surface area contributed by atoms with Crippen molar-refractivity contribution in [3.8, 4) is 0 Å². The summed E-state index contributed by atoms with van der Waals surface area (Å²) < 4.78 is 0. The van der Waals surface area contributed by atoms with E-state index in [2.05, 4.69) is 20.6 Å². The van der Waals surface area contributed by atoms with Crippen LogP contribution in [0.15, 0.2) is 12.4 Å². The number of aromatic amines is 1. The molecular formula is C11H18N4O3S. The molecule has 4 N–H and O–H groups in total.